The van der Waals surface area contributed by atoms with Gasteiger partial charge in [0.05, 0.1) is 24.1 Å². The van der Waals surface area contributed by atoms with E-state index in [2.05, 4.69) is 0 Å². The maximum absolute atomic E-state index is 13.9. The molecule has 1 atom stereocenters. The molecular formula is C27H22FNO4S. The highest BCUT2D eigenvalue weighted by Crippen LogP contribution is 2.38. The van der Waals surface area contributed by atoms with Gasteiger partial charge in [-0.05, 0) is 66.3 Å². The second kappa shape index (κ2) is 8.99. The van der Waals surface area contributed by atoms with Crippen LogP contribution in [0.3, 0.4) is 0 Å². The van der Waals surface area contributed by atoms with Crippen LogP contribution in [0.5, 0.6) is 5.75 Å². The third kappa shape index (κ3) is 3.86. The first-order valence-electron chi connectivity index (χ1n) is 10.8. The number of methoxy groups -OCH3 is 1. The van der Waals surface area contributed by atoms with E-state index in [1.807, 2.05) is 54.8 Å². The van der Waals surface area contributed by atoms with Gasteiger partial charge in [0, 0.05) is 11.4 Å². The Kier molecular flexibility index (Phi) is 5.87. The van der Waals surface area contributed by atoms with Gasteiger partial charge in [-0.1, -0.05) is 24.3 Å². The summed E-state index contributed by atoms with van der Waals surface area (Å²) in [7, 11) is 1.61. The summed E-state index contributed by atoms with van der Waals surface area (Å²) in [4.78, 5) is 29.7. The smallest absolute Gasteiger partial charge is 0.290 e. The monoisotopic (exact) mass is 475 g/mol. The number of hydrogen-bond donors (Lipinski definition) is 0. The van der Waals surface area contributed by atoms with Crippen LogP contribution < -0.4 is 10.2 Å². The molecule has 4 aromatic rings. The Morgan fingerprint density at radius 2 is 1.76 bits per heavy atom. The number of carbonyl (C=O) groups excluding carboxylic acids is 1. The Morgan fingerprint density at radius 1 is 1.03 bits per heavy atom. The Hall–Kier alpha value is -3.58. The molecular weight excluding hydrogens is 453 g/mol. The molecule has 0 saturated heterocycles. The molecule has 0 fully saturated rings. The second-order valence-electron chi connectivity index (χ2n) is 8.09. The van der Waals surface area contributed by atoms with Gasteiger partial charge in [-0.25, -0.2) is 4.39 Å². The average molecular weight is 476 g/mol. The van der Waals surface area contributed by atoms with Crippen molar-refractivity contribution in [1.29, 1.82) is 0 Å². The zero-order chi connectivity index (χ0) is 23.8. The maximum atomic E-state index is 13.9. The fraction of sp³-hybridized carbons (Fsp3) is 0.185. The molecule has 3 aromatic carbocycles. The molecule has 5 rings (SSSR count). The standard InChI is InChI=1S/C27H22FNO4S/c1-32-19-8-3-16(4-9-19)13-14-29-24(17-5-10-20(34-2)11-6-17)23-25(30)21-15-18(28)7-12-22(21)33-26(23)27(29)31/h3-12,15,24H,13-14H2,1-2H3/t24-/m1/s1. The van der Waals surface area contributed by atoms with Crippen molar-refractivity contribution in [3.8, 4) is 5.75 Å². The lowest BCUT2D eigenvalue weighted by atomic mass is 9.98. The van der Waals surface area contributed by atoms with Crippen LogP contribution in [-0.2, 0) is 6.42 Å². The summed E-state index contributed by atoms with van der Waals surface area (Å²) in [6, 6.07) is 18.6. The van der Waals surface area contributed by atoms with E-state index in [1.165, 1.54) is 18.2 Å². The van der Waals surface area contributed by atoms with Crippen LogP contribution in [-0.4, -0.2) is 30.7 Å². The summed E-state index contributed by atoms with van der Waals surface area (Å²) in [5.41, 5.74) is 1.92. The molecule has 34 heavy (non-hydrogen) atoms. The van der Waals surface area contributed by atoms with Crippen LogP contribution in [0.25, 0.3) is 11.0 Å². The lowest BCUT2D eigenvalue weighted by Crippen LogP contribution is -2.31. The van der Waals surface area contributed by atoms with Crippen molar-refractivity contribution in [1.82, 2.24) is 4.90 Å². The summed E-state index contributed by atoms with van der Waals surface area (Å²) in [6.07, 6.45) is 2.57. The molecule has 1 aromatic heterocycles. The number of nitrogens with zero attached hydrogens (tertiary/aromatic N) is 1. The van der Waals surface area contributed by atoms with Crippen molar-refractivity contribution in [3.63, 3.8) is 0 Å². The van der Waals surface area contributed by atoms with E-state index in [1.54, 1.807) is 23.8 Å². The van der Waals surface area contributed by atoms with Gasteiger partial charge < -0.3 is 14.1 Å². The molecule has 2 heterocycles. The van der Waals surface area contributed by atoms with Crippen molar-refractivity contribution in [3.05, 3.63) is 105 Å². The van der Waals surface area contributed by atoms with Gasteiger partial charge in [-0.3, -0.25) is 9.59 Å². The van der Waals surface area contributed by atoms with Crippen LogP contribution in [0.2, 0.25) is 0 Å². The number of fused-ring (bicyclic) bond motifs is 2. The number of thioether (sulfide) groups is 1. The highest BCUT2D eigenvalue weighted by atomic mass is 32.2. The van der Waals surface area contributed by atoms with Gasteiger partial charge in [-0.15, -0.1) is 11.8 Å². The molecule has 7 heteroatoms. The van der Waals surface area contributed by atoms with Crippen molar-refractivity contribution in [2.75, 3.05) is 19.9 Å². The number of amides is 1. The maximum Gasteiger partial charge on any atom is 0.290 e. The molecule has 0 saturated carbocycles. The zero-order valence-electron chi connectivity index (χ0n) is 18.7. The normalized spacial score (nSPS) is 15.1. The quantitative estimate of drug-likeness (QED) is 0.347. The van der Waals surface area contributed by atoms with E-state index in [4.69, 9.17) is 9.15 Å². The molecule has 1 amide bonds. The molecule has 0 unspecified atom stereocenters. The predicted molar refractivity (Wildman–Crippen MR) is 130 cm³/mol. The van der Waals surface area contributed by atoms with Gasteiger partial charge in [0.1, 0.15) is 17.1 Å². The summed E-state index contributed by atoms with van der Waals surface area (Å²) in [5, 5.41) is 0.134. The van der Waals surface area contributed by atoms with Crippen molar-refractivity contribution in [2.24, 2.45) is 0 Å². The van der Waals surface area contributed by atoms with E-state index < -0.39 is 11.9 Å². The summed E-state index contributed by atoms with van der Waals surface area (Å²) >= 11 is 1.61. The van der Waals surface area contributed by atoms with Crippen LogP contribution in [0, 0.1) is 5.82 Å². The summed E-state index contributed by atoms with van der Waals surface area (Å²) in [5.74, 6) is -0.0845. The zero-order valence-corrected chi connectivity index (χ0v) is 19.5. The first kappa shape index (κ1) is 22.2. The number of benzene rings is 3. The van der Waals surface area contributed by atoms with E-state index in [0.29, 0.717) is 13.0 Å². The van der Waals surface area contributed by atoms with Gasteiger partial charge in [-0.2, -0.15) is 0 Å². The molecule has 5 nitrogen and oxygen atoms in total. The molecule has 0 N–H and O–H groups in total. The molecule has 0 radical (unpaired) electrons. The van der Waals surface area contributed by atoms with Gasteiger partial charge in [0.15, 0.2) is 5.43 Å². The van der Waals surface area contributed by atoms with Crippen LogP contribution >= 0.6 is 11.8 Å². The molecule has 0 aliphatic carbocycles. The largest absolute Gasteiger partial charge is 0.497 e. The van der Waals surface area contributed by atoms with Gasteiger partial charge >= 0.3 is 0 Å². The SMILES string of the molecule is COc1ccc(CCN2C(=O)c3oc4ccc(F)cc4c(=O)c3[C@H]2c2ccc(SC)cc2)cc1. The fourth-order valence-corrected chi connectivity index (χ4v) is 4.81. The first-order valence-corrected chi connectivity index (χ1v) is 12.1. The third-order valence-electron chi connectivity index (χ3n) is 6.16. The lowest BCUT2D eigenvalue weighted by Gasteiger charge is -2.25. The highest BCUT2D eigenvalue weighted by Gasteiger charge is 2.42. The highest BCUT2D eigenvalue weighted by molar-refractivity contribution is 7.98. The predicted octanol–water partition coefficient (Wildman–Crippen LogP) is 5.45. The summed E-state index contributed by atoms with van der Waals surface area (Å²) in [6.45, 7) is 0.383. The van der Waals surface area contributed by atoms with E-state index in [9.17, 15) is 14.0 Å². The Morgan fingerprint density at radius 3 is 2.44 bits per heavy atom. The summed E-state index contributed by atoms with van der Waals surface area (Å²) < 4.78 is 25.0. The molecule has 172 valence electrons. The number of hydrogen-bond acceptors (Lipinski definition) is 5. The Balaban J connectivity index is 1.59. The van der Waals surface area contributed by atoms with E-state index in [-0.39, 0.29) is 33.6 Å². The lowest BCUT2D eigenvalue weighted by molar-refractivity contribution is 0.0730. The minimum absolute atomic E-state index is 0.0257. The minimum atomic E-state index is -0.611. The average Bonchev–Trinajstić information content (AvgIpc) is 3.15. The second-order valence-corrected chi connectivity index (χ2v) is 8.97. The Bertz CT molecular complexity index is 1430. The fourth-order valence-electron chi connectivity index (χ4n) is 4.40. The van der Waals surface area contributed by atoms with Crippen LogP contribution in [0.4, 0.5) is 4.39 Å². The number of ether oxygens (including phenoxy) is 1. The van der Waals surface area contributed by atoms with Gasteiger partial charge in [0.25, 0.3) is 5.91 Å². The number of carbonyl (C=O) groups is 1. The van der Waals surface area contributed by atoms with Crippen molar-refractivity contribution in [2.45, 2.75) is 17.4 Å². The first-order chi connectivity index (χ1) is 16.5. The van der Waals surface area contributed by atoms with E-state index >= 15 is 0 Å². The van der Waals surface area contributed by atoms with E-state index in [0.717, 1.165) is 21.8 Å². The molecule has 0 bridgehead atoms. The minimum Gasteiger partial charge on any atom is -0.497 e. The molecule has 1 aliphatic rings. The number of rotatable bonds is 6. The van der Waals surface area contributed by atoms with Crippen LogP contribution in [0.1, 0.15) is 33.3 Å². The van der Waals surface area contributed by atoms with Crippen molar-refractivity contribution >= 4 is 28.6 Å². The Labute approximate surface area is 200 Å². The molecule has 0 spiro atoms. The van der Waals surface area contributed by atoms with Gasteiger partial charge in [0.2, 0.25) is 5.76 Å². The van der Waals surface area contributed by atoms with Crippen molar-refractivity contribution < 1.29 is 18.3 Å². The molecule has 1 aliphatic heterocycles. The number of halogens is 1. The third-order valence-corrected chi connectivity index (χ3v) is 6.90. The van der Waals surface area contributed by atoms with Crippen LogP contribution in [0.15, 0.2) is 80.8 Å². The topological polar surface area (TPSA) is 59.8 Å².